The standard InChI is InChI=1S/C19H24N4O5/c1-22(2)19(26)14(9-12-7-5-4-6-8-12)21-18(25)16-15(28-16)17(24)20-13-10-23(3)27-11-13/h4-8,10,14-16H,9,11H2,1-3H3,(H,20,24)(H,21,25)/t14-,15-,16-/m0/s1. The van der Waals surface area contributed by atoms with Crippen LogP contribution in [0.4, 0.5) is 0 Å². The number of carbonyl (C=O) groups excluding carboxylic acids is 3. The summed E-state index contributed by atoms with van der Waals surface area (Å²) in [6.45, 7) is 0.252. The second kappa shape index (κ2) is 8.41. The fraction of sp³-hybridized carbons (Fsp3) is 0.421. The topological polar surface area (TPSA) is 104 Å². The molecule has 1 fully saturated rings. The molecule has 1 aromatic rings. The van der Waals surface area contributed by atoms with Crippen LogP contribution < -0.4 is 10.6 Å². The van der Waals surface area contributed by atoms with E-state index in [1.807, 2.05) is 30.3 Å². The Morgan fingerprint density at radius 2 is 1.86 bits per heavy atom. The van der Waals surface area contributed by atoms with E-state index in [9.17, 15) is 14.4 Å². The normalized spacial score (nSPS) is 21.5. The largest absolute Gasteiger partial charge is 0.349 e. The van der Waals surface area contributed by atoms with Crippen LogP contribution in [0.25, 0.3) is 0 Å². The SMILES string of the molecule is CN1C=C(NC(=O)[C@H]2O[C@@H]2C(=O)N[C@@H](Cc2ccccc2)C(=O)N(C)C)CO1. The van der Waals surface area contributed by atoms with Gasteiger partial charge in [0.2, 0.25) is 5.91 Å². The lowest BCUT2D eigenvalue weighted by atomic mass is 10.0. The lowest BCUT2D eigenvalue weighted by molar-refractivity contribution is -0.134. The first-order valence-corrected chi connectivity index (χ1v) is 8.93. The van der Waals surface area contributed by atoms with E-state index in [-0.39, 0.29) is 12.5 Å². The number of hydrogen-bond acceptors (Lipinski definition) is 6. The molecule has 2 N–H and O–H groups in total. The van der Waals surface area contributed by atoms with Crippen molar-refractivity contribution in [1.29, 1.82) is 0 Å². The summed E-state index contributed by atoms with van der Waals surface area (Å²) in [7, 11) is 4.97. The summed E-state index contributed by atoms with van der Waals surface area (Å²) in [6, 6.07) is 8.67. The van der Waals surface area contributed by atoms with Crippen molar-refractivity contribution in [3.05, 3.63) is 47.8 Å². The van der Waals surface area contributed by atoms with Gasteiger partial charge < -0.3 is 20.3 Å². The Balaban J connectivity index is 1.57. The zero-order chi connectivity index (χ0) is 20.3. The smallest absolute Gasteiger partial charge is 0.256 e. The Hall–Kier alpha value is -2.91. The van der Waals surface area contributed by atoms with Gasteiger partial charge in [0, 0.05) is 33.8 Å². The number of benzene rings is 1. The van der Waals surface area contributed by atoms with Crippen molar-refractivity contribution in [1.82, 2.24) is 20.6 Å². The van der Waals surface area contributed by atoms with Gasteiger partial charge in [-0.2, -0.15) is 0 Å². The first-order chi connectivity index (χ1) is 13.3. The van der Waals surface area contributed by atoms with E-state index >= 15 is 0 Å². The van der Waals surface area contributed by atoms with E-state index in [2.05, 4.69) is 10.6 Å². The molecule has 0 radical (unpaired) electrons. The Bertz CT molecular complexity index is 780. The van der Waals surface area contributed by atoms with Gasteiger partial charge >= 0.3 is 0 Å². The quantitative estimate of drug-likeness (QED) is 0.605. The maximum absolute atomic E-state index is 12.5. The van der Waals surface area contributed by atoms with Gasteiger partial charge in [0.05, 0.1) is 5.70 Å². The third-order valence-electron chi connectivity index (χ3n) is 4.39. The van der Waals surface area contributed by atoms with Crippen molar-refractivity contribution in [2.24, 2.45) is 0 Å². The van der Waals surface area contributed by atoms with Gasteiger partial charge in [-0.15, -0.1) is 0 Å². The number of amides is 3. The maximum atomic E-state index is 12.5. The highest BCUT2D eigenvalue weighted by Gasteiger charge is 2.51. The number of ether oxygens (including phenoxy) is 1. The molecule has 3 atom stereocenters. The van der Waals surface area contributed by atoms with Crippen LogP contribution in [0, 0.1) is 0 Å². The summed E-state index contributed by atoms with van der Waals surface area (Å²) in [6.07, 6.45) is 0.206. The summed E-state index contributed by atoms with van der Waals surface area (Å²) in [4.78, 5) is 43.8. The van der Waals surface area contributed by atoms with Gasteiger partial charge in [-0.25, -0.2) is 0 Å². The van der Waals surface area contributed by atoms with Crippen LogP contribution in [0.2, 0.25) is 0 Å². The lowest BCUT2D eigenvalue weighted by Crippen LogP contribution is -2.49. The van der Waals surface area contributed by atoms with E-state index in [0.29, 0.717) is 12.1 Å². The Labute approximate surface area is 163 Å². The van der Waals surface area contributed by atoms with Crippen molar-refractivity contribution >= 4 is 17.7 Å². The molecule has 9 heteroatoms. The average molecular weight is 388 g/mol. The first-order valence-electron chi connectivity index (χ1n) is 8.93. The van der Waals surface area contributed by atoms with Crippen LogP contribution in [0.5, 0.6) is 0 Å². The van der Waals surface area contributed by atoms with Crippen molar-refractivity contribution in [2.45, 2.75) is 24.7 Å². The second-order valence-corrected chi connectivity index (χ2v) is 6.92. The molecule has 0 spiro atoms. The zero-order valence-electron chi connectivity index (χ0n) is 16.0. The molecule has 2 heterocycles. The minimum absolute atomic E-state index is 0.227. The number of rotatable bonds is 7. The van der Waals surface area contributed by atoms with E-state index in [0.717, 1.165) is 5.56 Å². The average Bonchev–Trinajstić information content (AvgIpc) is 3.38. The lowest BCUT2D eigenvalue weighted by Gasteiger charge is -2.21. The summed E-state index contributed by atoms with van der Waals surface area (Å²) in [5.74, 6) is -1.12. The number of hydroxylamine groups is 2. The maximum Gasteiger partial charge on any atom is 0.256 e. The fourth-order valence-corrected chi connectivity index (χ4v) is 2.89. The molecular formula is C19H24N4O5. The highest BCUT2D eigenvalue weighted by molar-refractivity contribution is 5.97. The van der Waals surface area contributed by atoms with Gasteiger partial charge in [0.1, 0.15) is 12.6 Å². The van der Waals surface area contributed by atoms with Crippen molar-refractivity contribution in [2.75, 3.05) is 27.7 Å². The van der Waals surface area contributed by atoms with Crippen LogP contribution in [0.3, 0.4) is 0 Å². The number of nitrogens with one attached hydrogen (secondary N) is 2. The molecule has 9 nitrogen and oxygen atoms in total. The molecule has 0 bridgehead atoms. The predicted octanol–water partition coefficient (Wildman–Crippen LogP) is -0.596. The summed E-state index contributed by atoms with van der Waals surface area (Å²) in [5, 5.41) is 6.86. The Kier molecular flexibility index (Phi) is 5.96. The molecule has 0 unspecified atom stereocenters. The van der Waals surface area contributed by atoms with Crippen molar-refractivity contribution in [3.8, 4) is 0 Å². The molecule has 2 aliphatic rings. The summed E-state index contributed by atoms with van der Waals surface area (Å²) in [5.41, 5.74) is 1.51. The number of epoxide rings is 1. The third-order valence-corrected chi connectivity index (χ3v) is 4.39. The van der Waals surface area contributed by atoms with E-state index in [1.165, 1.54) is 9.96 Å². The molecule has 1 aromatic carbocycles. The highest BCUT2D eigenvalue weighted by atomic mass is 16.7. The van der Waals surface area contributed by atoms with Crippen LogP contribution in [-0.2, 0) is 30.4 Å². The van der Waals surface area contributed by atoms with E-state index < -0.39 is 30.1 Å². The number of nitrogens with zero attached hydrogens (tertiary/aromatic N) is 2. The Morgan fingerprint density at radius 3 is 2.46 bits per heavy atom. The first kappa shape index (κ1) is 19.8. The monoisotopic (exact) mass is 388 g/mol. The number of carbonyl (C=O) groups is 3. The Morgan fingerprint density at radius 1 is 1.18 bits per heavy atom. The van der Waals surface area contributed by atoms with Gasteiger partial charge in [0.25, 0.3) is 11.8 Å². The molecular weight excluding hydrogens is 364 g/mol. The molecule has 1 saturated heterocycles. The number of likely N-dealkylation sites (N-methyl/N-ethyl adjacent to an activating group) is 1. The minimum Gasteiger partial charge on any atom is -0.349 e. The van der Waals surface area contributed by atoms with E-state index in [4.69, 9.17) is 9.57 Å². The molecule has 0 aliphatic carbocycles. The van der Waals surface area contributed by atoms with Gasteiger partial charge in [0.15, 0.2) is 12.2 Å². The second-order valence-electron chi connectivity index (χ2n) is 6.92. The molecule has 0 aromatic heterocycles. The molecule has 150 valence electrons. The molecule has 28 heavy (non-hydrogen) atoms. The summed E-state index contributed by atoms with van der Waals surface area (Å²) >= 11 is 0. The van der Waals surface area contributed by atoms with E-state index in [1.54, 1.807) is 27.3 Å². The molecule has 3 amide bonds. The van der Waals surface area contributed by atoms with Crippen LogP contribution in [0.1, 0.15) is 5.56 Å². The van der Waals surface area contributed by atoms with Crippen molar-refractivity contribution < 1.29 is 24.0 Å². The van der Waals surface area contributed by atoms with Crippen LogP contribution in [0.15, 0.2) is 42.2 Å². The van der Waals surface area contributed by atoms with Gasteiger partial charge in [-0.1, -0.05) is 30.3 Å². The van der Waals surface area contributed by atoms with Crippen LogP contribution >= 0.6 is 0 Å². The minimum atomic E-state index is -0.908. The van der Waals surface area contributed by atoms with Gasteiger partial charge in [-0.05, 0) is 5.56 Å². The number of hydrogen-bond donors (Lipinski definition) is 2. The highest BCUT2D eigenvalue weighted by Crippen LogP contribution is 2.23. The third kappa shape index (κ3) is 4.87. The van der Waals surface area contributed by atoms with Gasteiger partial charge in [-0.3, -0.25) is 24.3 Å². The van der Waals surface area contributed by atoms with Crippen molar-refractivity contribution in [3.63, 3.8) is 0 Å². The molecule has 2 aliphatic heterocycles. The van der Waals surface area contributed by atoms with Crippen LogP contribution in [-0.4, -0.2) is 73.7 Å². The fourth-order valence-electron chi connectivity index (χ4n) is 2.89. The predicted molar refractivity (Wildman–Crippen MR) is 99.4 cm³/mol. The zero-order valence-corrected chi connectivity index (χ0v) is 16.0. The molecule has 3 rings (SSSR count). The molecule has 0 saturated carbocycles. The summed E-state index contributed by atoms with van der Waals surface area (Å²) < 4.78 is 5.24.